The van der Waals surface area contributed by atoms with Gasteiger partial charge in [0.05, 0.1) is 66.1 Å². The molecule has 10 aliphatic heterocycles. The lowest BCUT2D eigenvalue weighted by Gasteiger charge is -2.51. The normalized spacial score (nSPS) is 47.8. The summed E-state index contributed by atoms with van der Waals surface area (Å²) in [5.74, 6) is -2.98. The number of carbonyl (C=O) groups is 4. The summed E-state index contributed by atoms with van der Waals surface area (Å²) in [6.07, 6.45) is -79.7. The molecule has 60 heteroatoms. The summed E-state index contributed by atoms with van der Waals surface area (Å²) < 4.78 is 116. The van der Waals surface area contributed by atoms with Crippen LogP contribution in [0.2, 0.25) is 0 Å². The minimum absolute atomic E-state index is 0.677. The molecular weight excluding hydrogens is 1850 g/mol. The molecule has 0 saturated carbocycles. The first-order valence-corrected chi connectivity index (χ1v) is 47.6. The molecule has 756 valence electrons. The number of ether oxygens (including phenoxy) is 18. The smallest absolute Gasteiger partial charge is 0.217 e. The Bertz CT molecular complexity index is 3440. The van der Waals surface area contributed by atoms with Gasteiger partial charge in [-0.2, -0.15) is 0 Å². The quantitative estimate of drug-likeness (QED) is 0.0266. The summed E-state index contributed by atoms with van der Waals surface area (Å²) in [7, 11) is 1.86. The van der Waals surface area contributed by atoms with Crippen LogP contribution in [-0.2, 0) is 113 Å². The summed E-state index contributed by atoms with van der Waals surface area (Å²) in [5, 5.41) is 305. The van der Waals surface area contributed by atoms with E-state index in [0.29, 0.717) is 0 Å². The minimum atomic E-state index is -1.98. The molecule has 10 heterocycles. The second kappa shape index (κ2) is 50.2. The van der Waals surface area contributed by atoms with Crippen molar-refractivity contribution in [1.82, 2.24) is 21.3 Å². The minimum Gasteiger partial charge on any atom is -0.394 e. The van der Waals surface area contributed by atoms with Crippen molar-refractivity contribution in [2.75, 3.05) is 79.4 Å². The highest BCUT2D eigenvalue weighted by Crippen LogP contribution is 2.48. The lowest BCUT2D eigenvalue weighted by Crippen LogP contribution is -2.70. The van der Waals surface area contributed by atoms with E-state index >= 15 is 0 Å². The van der Waals surface area contributed by atoms with Crippen LogP contribution in [0.4, 0.5) is 0 Å². The summed E-state index contributed by atoms with van der Waals surface area (Å²) in [4.78, 5) is 49.7. The molecule has 0 bridgehead atoms. The zero-order valence-electron chi connectivity index (χ0n) is 70.3. The number of hydrogen-bond donors (Lipinski definition) is 32. The predicted molar refractivity (Wildman–Crippen MR) is 422 cm³/mol. The van der Waals surface area contributed by atoms with Gasteiger partial charge in [0.15, 0.2) is 62.9 Å². The Morgan fingerprint density at radius 3 is 0.677 bits per heavy atom. The van der Waals surface area contributed by atoms with E-state index in [0.717, 1.165) is 27.7 Å². The van der Waals surface area contributed by atoms with Gasteiger partial charge in [0.2, 0.25) is 23.6 Å². The standard InChI is InChI=1S/2C35H62N2O26P2/c1-9(43)36-16-20(47)27(60-33-24(51)22(49)18(45)11(4-38)54-33)13(6-40)56-31(16)59-29-15(8-42)58-35(63-65(3)64)30(26(29)53)62-32-17(37-10(2)44)21(48)28(14(7-41)57-32)61-34-25(52)23(50)19(46)12(5-39)55-34;1-9(42)36-16-21(47)28(60-33-26(52)23(49)18(44)11(4-38)55-33)13(6-40)57-31(16)54-8-15-20(46)25(51)30(35(59-15)63-65(3)64)62-32-17(37-10(2)43)22(48)29(14(7-41)58-32)61-34-27(53)24(50)19(45)12(5-39)56-34/h11-35,38-42,45-53H,4-8,64H2,1-3H3,(H,36,43)(H,37,44);11-35,38-41,44-53H,4-8,64H2,1-3H3,(H,36,42)(H,37,43)/t11?,12?,13?,14?,15?,16-,17-,18-,19-,20+,21+,22-,23-,24-,25-,26-,27+,28+,29+,30+,31?,32?,33?,34?,35?,65?;11?,12?,13?,14?,15?,16-,17-,18-,19-,20+,21+,22+,23-,24-,25-,26-,27-,28+,29+,30+,31?,32?,33?,34?,35?,65?/m00/s1. The van der Waals surface area contributed by atoms with Crippen molar-refractivity contribution in [1.29, 1.82) is 0 Å². The number of nitrogens with one attached hydrogen (secondary N) is 4. The van der Waals surface area contributed by atoms with Gasteiger partial charge in [0, 0.05) is 43.4 Å². The maximum Gasteiger partial charge on any atom is 0.217 e. The number of aliphatic hydroxyl groups is 28. The maximum absolute atomic E-state index is 12.5. The third kappa shape index (κ3) is 26.3. The summed E-state index contributed by atoms with van der Waals surface area (Å²) in [5.41, 5.74) is 0. The van der Waals surface area contributed by atoms with E-state index in [-0.39, 0.29) is 0 Å². The van der Waals surface area contributed by atoms with E-state index in [4.69, 9.17) is 94.3 Å². The van der Waals surface area contributed by atoms with Crippen LogP contribution in [-0.4, -0.2) is 553 Å². The van der Waals surface area contributed by atoms with E-state index < -0.39 is 412 Å². The van der Waals surface area contributed by atoms with Gasteiger partial charge in [0.1, 0.15) is 244 Å². The average molecular weight is 1980 g/mol. The first-order valence-electron chi connectivity index (χ1n) is 40.9. The van der Waals surface area contributed by atoms with Crippen molar-refractivity contribution in [3.8, 4) is 0 Å². The number of aliphatic hydroxyl groups excluding tert-OH is 28. The lowest BCUT2D eigenvalue weighted by molar-refractivity contribution is -0.381. The van der Waals surface area contributed by atoms with Gasteiger partial charge >= 0.3 is 0 Å². The molecule has 10 aliphatic rings. The number of amides is 4. The molecule has 56 nitrogen and oxygen atoms in total. The largest absolute Gasteiger partial charge is 0.394 e. The number of rotatable bonds is 34. The molecule has 10 rings (SSSR count). The third-order valence-electron chi connectivity index (χ3n) is 22.7. The number of carbonyl (C=O) groups excluding carboxylic acids is 4. The molecule has 130 heavy (non-hydrogen) atoms. The summed E-state index contributed by atoms with van der Waals surface area (Å²) >= 11 is 0. The van der Waals surface area contributed by atoms with Crippen LogP contribution in [0.15, 0.2) is 0 Å². The van der Waals surface area contributed by atoms with Crippen LogP contribution >= 0.6 is 33.5 Å². The zero-order valence-corrected chi connectivity index (χ0v) is 74.4. The Labute approximate surface area is 746 Å². The third-order valence-corrected chi connectivity index (χ3v) is 24.5. The van der Waals surface area contributed by atoms with Crippen LogP contribution in [0.1, 0.15) is 27.7 Å². The summed E-state index contributed by atoms with van der Waals surface area (Å²) in [6.45, 7) is -0.924. The first-order chi connectivity index (χ1) is 61.4. The van der Waals surface area contributed by atoms with Crippen molar-refractivity contribution in [2.24, 2.45) is 0 Å². The second-order valence-corrected chi connectivity index (χ2v) is 39.1. The molecule has 54 atom stereocenters. The molecule has 0 aromatic heterocycles. The highest BCUT2D eigenvalue weighted by atomic mass is 32.0. The molecule has 32 N–H and O–H groups in total. The molecule has 24 unspecified atom stereocenters. The van der Waals surface area contributed by atoms with Gasteiger partial charge < -0.3 is 259 Å². The van der Waals surface area contributed by atoms with E-state index in [9.17, 15) is 162 Å². The van der Waals surface area contributed by atoms with E-state index in [1.807, 2.05) is 0 Å². The van der Waals surface area contributed by atoms with Crippen LogP contribution in [0.25, 0.3) is 0 Å². The zero-order chi connectivity index (χ0) is 96.4. The fraction of sp³-hybridized carbons (Fsp3) is 0.943. The summed E-state index contributed by atoms with van der Waals surface area (Å²) in [6, 6.07) is -6.39. The van der Waals surface area contributed by atoms with Gasteiger partial charge in [-0.05, 0) is 13.3 Å². The van der Waals surface area contributed by atoms with Crippen LogP contribution < -0.4 is 21.3 Å². The van der Waals surface area contributed by atoms with Gasteiger partial charge in [-0.15, -0.1) is 0 Å². The molecule has 10 fully saturated rings. The maximum atomic E-state index is 12.5. The fourth-order valence-corrected chi connectivity index (χ4v) is 17.7. The molecule has 0 aromatic carbocycles. The van der Waals surface area contributed by atoms with Gasteiger partial charge in [-0.25, -0.2) is 0 Å². The molecule has 0 aliphatic carbocycles. The van der Waals surface area contributed by atoms with Crippen molar-refractivity contribution >= 4 is 57.2 Å². The highest BCUT2D eigenvalue weighted by molar-refractivity contribution is 8.10. The number of hydrogen-bond acceptors (Lipinski definition) is 52. The fourth-order valence-electron chi connectivity index (χ4n) is 16.0. The van der Waals surface area contributed by atoms with Crippen molar-refractivity contribution in [2.45, 2.75) is 335 Å². The van der Waals surface area contributed by atoms with Crippen molar-refractivity contribution < 1.29 is 256 Å². The van der Waals surface area contributed by atoms with Gasteiger partial charge in [-0.1, -0.05) is 17.9 Å². The van der Waals surface area contributed by atoms with E-state index in [1.54, 1.807) is 13.3 Å². The molecule has 0 spiro atoms. The predicted octanol–water partition coefficient (Wildman–Crippen LogP) is -19.6. The Morgan fingerprint density at radius 1 is 0.238 bits per heavy atom. The average Bonchev–Trinajstić information content (AvgIpc) is 0.774. The van der Waals surface area contributed by atoms with E-state index in [1.165, 1.54) is 0 Å². The Morgan fingerprint density at radius 2 is 0.431 bits per heavy atom. The Hall–Kier alpha value is -2.32. The monoisotopic (exact) mass is 1980 g/mol. The molecule has 0 aromatic rings. The lowest BCUT2D eigenvalue weighted by atomic mass is 9.94. The molecule has 10 saturated heterocycles. The Balaban J connectivity index is 0.000000293. The van der Waals surface area contributed by atoms with Crippen LogP contribution in [0.5, 0.6) is 0 Å². The molecular formula is C70H124N4O52P4. The molecule has 0 radical (unpaired) electrons. The topological polar surface area (TPSA) is 867 Å². The van der Waals surface area contributed by atoms with Crippen molar-refractivity contribution in [3.05, 3.63) is 0 Å². The van der Waals surface area contributed by atoms with Gasteiger partial charge in [0.25, 0.3) is 0 Å². The van der Waals surface area contributed by atoms with E-state index in [2.05, 4.69) is 39.1 Å². The van der Waals surface area contributed by atoms with Crippen molar-refractivity contribution in [3.63, 3.8) is 0 Å². The van der Waals surface area contributed by atoms with Crippen LogP contribution in [0, 0.1) is 0 Å². The Kier molecular flexibility index (Phi) is 43.0. The highest BCUT2D eigenvalue weighted by Gasteiger charge is 2.61. The van der Waals surface area contributed by atoms with Crippen LogP contribution in [0.3, 0.4) is 0 Å². The molecule has 4 amide bonds. The second-order valence-electron chi connectivity index (χ2n) is 32.1. The first kappa shape index (κ1) is 111. The van der Waals surface area contributed by atoms with Gasteiger partial charge in [-0.3, -0.25) is 19.2 Å². The SMILES string of the molecule is CC(=O)N[C@@H]1C(OCC2OC(OP(C)P)[C@H](OC3OC(CO)[C@@H](OC4OC(CO)[C@H](O)[C@H](O)[C@@H]4O)[C@H](O)[C@@H]3NC(C)=O)[C@@H](O)[C@@H]2O)OC(CO)[C@@H](OC2OC(CO)[C@H](O)[C@H](O)[C@@H]2O)[C@@H]1O.CC(=O)N[C@@H]1C(O[C@@H]2C(CO)OC(OP(C)P)[C@H](OC3OC(CO)[C@@H](OC4OC(CO)[C@H](O)[C@H](O)[C@@H]4O)[C@H](O)[C@@H]3NC(C)=O)[C@H]2O)OC(CO)[C@@H](OC2OC(CO)[C@H](O)[C@H](O)[C@@H]2O)[C@@H]1O.